The maximum absolute atomic E-state index is 13.8. The fourth-order valence-electron chi connectivity index (χ4n) is 4.96. The van der Waals surface area contributed by atoms with E-state index >= 15 is 0 Å². The van der Waals surface area contributed by atoms with E-state index in [2.05, 4.69) is 37.4 Å². The maximum atomic E-state index is 13.8. The highest BCUT2D eigenvalue weighted by atomic mass is 32.1. The van der Waals surface area contributed by atoms with E-state index in [0.717, 1.165) is 23.3 Å². The molecule has 0 saturated heterocycles. The largest absolute Gasteiger partial charge is 0.491 e. The molecule has 0 fully saturated rings. The highest BCUT2D eigenvalue weighted by molar-refractivity contribution is 7.10. The van der Waals surface area contributed by atoms with Gasteiger partial charge in [0.1, 0.15) is 24.7 Å². The molecule has 0 bridgehead atoms. The molecule has 0 saturated carbocycles. The minimum atomic E-state index is -0.216. The standard InChI is InChI=1S/C32H34N2O4S/c1-23(2)25-10-12-26(13-11-25)38-22-29-28-15-18-39-30(28)14-16-34(29)32(36)21-33(20-27-9-6-17-37-27)31(35)19-24-7-4-3-5-8-24/h3-13,15,17-18,23,29H,14,16,19-22H2,1-2H3. The number of nitrogens with zero attached hydrogens (tertiary/aromatic N) is 2. The Bertz CT molecular complexity index is 1360. The summed E-state index contributed by atoms with van der Waals surface area (Å²) in [6.07, 6.45) is 2.61. The number of benzene rings is 2. The SMILES string of the molecule is CC(C)c1ccc(OCC2c3ccsc3CCN2C(=O)CN(Cc2ccco2)C(=O)Cc2ccccc2)cc1. The van der Waals surface area contributed by atoms with Crippen molar-refractivity contribution in [1.82, 2.24) is 9.80 Å². The van der Waals surface area contributed by atoms with Crippen LogP contribution in [-0.2, 0) is 29.0 Å². The lowest BCUT2D eigenvalue weighted by atomic mass is 10.00. The third-order valence-electron chi connectivity index (χ3n) is 7.17. The summed E-state index contributed by atoms with van der Waals surface area (Å²) in [5.74, 6) is 1.67. The normalized spacial score (nSPS) is 14.7. The van der Waals surface area contributed by atoms with Gasteiger partial charge in [-0.25, -0.2) is 0 Å². The van der Waals surface area contributed by atoms with Crippen molar-refractivity contribution in [3.63, 3.8) is 0 Å². The van der Waals surface area contributed by atoms with Gasteiger partial charge in [0.2, 0.25) is 11.8 Å². The third kappa shape index (κ3) is 6.60. The Kier molecular flexibility index (Phi) is 8.47. The summed E-state index contributed by atoms with van der Waals surface area (Å²) in [6, 6.07) is 23.3. The van der Waals surface area contributed by atoms with E-state index in [1.165, 1.54) is 10.4 Å². The average molecular weight is 543 g/mol. The molecule has 2 aromatic heterocycles. The number of ether oxygens (including phenoxy) is 1. The van der Waals surface area contributed by atoms with Gasteiger partial charge in [0, 0.05) is 11.4 Å². The van der Waals surface area contributed by atoms with Crippen LogP contribution in [0.2, 0.25) is 0 Å². The van der Waals surface area contributed by atoms with Crippen molar-refractivity contribution in [2.75, 3.05) is 19.7 Å². The lowest BCUT2D eigenvalue weighted by molar-refractivity contribution is -0.143. The molecule has 5 rings (SSSR count). The van der Waals surface area contributed by atoms with Gasteiger partial charge in [-0.3, -0.25) is 9.59 Å². The Morgan fingerprint density at radius 1 is 1.05 bits per heavy atom. The zero-order chi connectivity index (χ0) is 27.2. The van der Waals surface area contributed by atoms with Crippen molar-refractivity contribution in [1.29, 1.82) is 0 Å². The lowest BCUT2D eigenvalue weighted by Gasteiger charge is -2.37. The van der Waals surface area contributed by atoms with Crippen molar-refractivity contribution in [2.45, 2.75) is 45.2 Å². The zero-order valence-corrected chi connectivity index (χ0v) is 23.2. The van der Waals surface area contributed by atoms with Crippen LogP contribution in [0.15, 0.2) is 88.9 Å². The first kappa shape index (κ1) is 26.8. The van der Waals surface area contributed by atoms with Gasteiger partial charge in [-0.15, -0.1) is 11.3 Å². The number of thiophene rings is 1. The molecular weight excluding hydrogens is 508 g/mol. The first-order valence-electron chi connectivity index (χ1n) is 13.4. The Morgan fingerprint density at radius 3 is 2.56 bits per heavy atom. The summed E-state index contributed by atoms with van der Waals surface area (Å²) in [4.78, 5) is 32.0. The van der Waals surface area contributed by atoms with Crippen LogP contribution in [0.1, 0.15) is 53.1 Å². The third-order valence-corrected chi connectivity index (χ3v) is 8.17. The molecule has 7 heteroatoms. The Morgan fingerprint density at radius 2 is 1.85 bits per heavy atom. The van der Waals surface area contributed by atoms with Crippen molar-refractivity contribution < 1.29 is 18.7 Å². The molecule has 1 aliphatic heterocycles. The van der Waals surface area contributed by atoms with E-state index in [1.807, 2.05) is 53.4 Å². The number of hydrogen-bond donors (Lipinski definition) is 0. The summed E-state index contributed by atoms with van der Waals surface area (Å²) in [7, 11) is 0. The number of carbonyl (C=O) groups excluding carboxylic acids is 2. The fourth-order valence-corrected chi connectivity index (χ4v) is 5.89. The van der Waals surface area contributed by atoms with Gasteiger partial charge in [-0.1, -0.05) is 56.3 Å². The molecule has 202 valence electrons. The number of fused-ring (bicyclic) bond motifs is 1. The highest BCUT2D eigenvalue weighted by Crippen LogP contribution is 2.34. The van der Waals surface area contributed by atoms with E-state index in [9.17, 15) is 9.59 Å². The smallest absolute Gasteiger partial charge is 0.242 e. The van der Waals surface area contributed by atoms with Gasteiger partial charge in [0.05, 0.1) is 25.3 Å². The molecule has 0 aliphatic carbocycles. The minimum absolute atomic E-state index is 0.0224. The van der Waals surface area contributed by atoms with Crippen molar-refractivity contribution in [3.8, 4) is 5.75 Å². The molecule has 0 radical (unpaired) electrons. The van der Waals surface area contributed by atoms with E-state index < -0.39 is 0 Å². The van der Waals surface area contributed by atoms with Crippen LogP contribution in [0.4, 0.5) is 0 Å². The van der Waals surface area contributed by atoms with E-state index in [-0.39, 0.29) is 37.4 Å². The molecule has 3 heterocycles. The Hall–Kier alpha value is -3.84. The van der Waals surface area contributed by atoms with Gasteiger partial charge in [0.15, 0.2) is 0 Å². The predicted molar refractivity (Wildman–Crippen MR) is 153 cm³/mol. The number of amides is 2. The first-order chi connectivity index (χ1) is 19.0. The van der Waals surface area contributed by atoms with Gasteiger partial charge in [-0.2, -0.15) is 0 Å². The van der Waals surface area contributed by atoms with Gasteiger partial charge < -0.3 is 19.0 Å². The average Bonchev–Trinajstić information content (AvgIpc) is 3.64. The maximum Gasteiger partial charge on any atom is 0.242 e. The van der Waals surface area contributed by atoms with Crippen LogP contribution in [0, 0.1) is 0 Å². The fraction of sp³-hybridized carbons (Fsp3) is 0.312. The minimum Gasteiger partial charge on any atom is -0.491 e. The molecule has 1 atom stereocenters. The summed E-state index contributed by atoms with van der Waals surface area (Å²) < 4.78 is 11.7. The second-order valence-electron chi connectivity index (χ2n) is 10.2. The predicted octanol–water partition coefficient (Wildman–Crippen LogP) is 6.24. The molecule has 2 amide bonds. The number of furan rings is 1. The Labute approximate surface area is 233 Å². The topological polar surface area (TPSA) is 63.0 Å². The first-order valence-corrected chi connectivity index (χ1v) is 14.3. The number of rotatable bonds is 10. The van der Waals surface area contributed by atoms with Gasteiger partial charge >= 0.3 is 0 Å². The number of hydrogen-bond acceptors (Lipinski definition) is 5. The van der Waals surface area contributed by atoms with Crippen LogP contribution in [-0.4, -0.2) is 41.3 Å². The summed E-state index contributed by atoms with van der Waals surface area (Å²) in [5.41, 5.74) is 3.30. The molecular formula is C32H34N2O4S. The van der Waals surface area contributed by atoms with E-state index in [0.29, 0.717) is 24.8 Å². The lowest BCUT2D eigenvalue weighted by Crippen LogP contribution is -2.47. The van der Waals surface area contributed by atoms with Gasteiger partial charge in [0.25, 0.3) is 0 Å². The monoisotopic (exact) mass is 542 g/mol. The molecule has 4 aromatic rings. The quantitative estimate of drug-likeness (QED) is 0.238. The molecule has 0 N–H and O–H groups in total. The van der Waals surface area contributed by atoms with Crippen LogP contribution in [0.3, 0.4) is 0 Å². The molecule has 2 aromatic carbocycles. The summed E-state index contributed by atoms with van der Waals surface area (Å²) in [6.45, 7) is 5.50. The second-order valence-corrected chi connectivity index (χ2v) is 11.2. The highest BCUT2D eigenvalue weighted by Gasteiger charge is 2.33. The molecule has 6 nitrogen and oxygen atoms in total. The van der Waals surface area contributed by atoms with Crippen molar-refractivity contribution >= 4 is 23.2 Å². The summed E-state index contributed by atoms with van der Waals surface area (Å²) >= 11 is 1.72. The van der Waals surface area contributed by atoms with E-state index in [1.54, 1.807) is 28.6 Å². The molecule has 0 spiro atoms. The van der Waals surface area contributed by atoms with Crippen LogP contribution < -0.4 is 4.74 Å². The Balaban J connectivity index is 1.32. The summed E-state index contributed by atoms with van der Waals surface area (Å²) in [5, 5.41) is 2.08. The molecule has 1 unspecified atom stereocenters. The van der Waals surface area contributed by atoms with Crippen molar-refractivity contribution in [3.05, 3.63) is 112 Å². The zero-order valence-electron chi connectivity index (χ0n) is 22.4. The molecule has 39 heavy (non-hydrogen) atoms. The molecule has 1 aliphatic rings. The van der Waals surface area contributed by atoms with Gasteiger partial charge in [-0.05, 0) is 64.7 Å². The van der Waals surface area contributed by atoms with E-state index in [4.69, 9.17) is 9.15 Å². The second kappa shape index (κ2) is 12.3. The van der Waals surface area contributed by atoms with Crippen LogP contribution in [0.25, 0.3) is 0 Å². The number of carbonyl (C=O) groups is 2. The van der Waals surface area contributed by atoms with Crippen LogP contribution >= 0.6 is 11.3 Å². The van der Waals surface area contributed by atoms with Crippen molar-refractivity contribution in [2.24, 2.45) is 0 Å². The van der Waals surface area contributed by atoms with Crippen LogP contribution in [0.5, 0.6) is 5.75 Å².